The Kier molecular flexibility index (Phi) is 4.17. The maximum Gasteiger partial charge on any atom is 0.119 e. The van der Waals surface area contributed by atoms with Crippen molar-refractivity contribution in [1.82, 2.24) is 0 Å². The Morgan fingerprint density at radius 1 is 1.11 bits per heavy atom. The van der Waals surface area contributed by atoms with Crippen LogP contribution >= 0.6 is 11.6 Å². The molecule has 0 atom stereocenters. The number of anilines is 2. The predicted octanol–water partition coefficient (Wildman–Crippen LogP) is 4.12. The molecule has 1 N–H and O–H groups in total. The van der Waals surface area contributed by atoms with Crippen molar-refractivity contribution in [2.24, 2.45) is 0 Å². The van der Waals surface area contributed by atoms with Crippen LogP contribution in [-0.2, 0) is 0 Å². The molecule has 0 bridgehead atoms. The molecule has 0 aromatic heterocycles. The van der Waals surface area contributed by atoms with Gasteiger partial charge in [-0.3, -0.25) is 10.4 Å². The van der Waals surface area contributed by atoms with Crippen LogP contribution in [0.5, 0.6) is 5.75 Å². The molecule has 0 amide bonds. The van der Waals surface area contributed by atoms with Gasteiger partial charge < -0.3 is 4.74 Å². The predicted molar refractivity (Wildman–Crippen MR) is 81.2 cm³/mol. The Morgan fingerprint density at radius 3 is 2.42 bits per heavy atom. The molecule has 0 spiro atoms. The summed E-state index contributed by atoms with van der Waals surface area (Å²) in [6, 6.07) is 13.7. The Hall–Kier alpha value is -1.87. The van der Waals surface area contributed by atoms with E-state index in [-0.39, 0.29) is 0 Å². The lowest BCUT2D eigenvalue weighted by Gasteiger charge is -2.23. The van der Waals surface area contributed by atoms with Crippen LogP contribution < -0.4 is 15.2 Å². The van der Waals surface area contributed by atoms with Crippen molar-refractivity contribution in [3.63, 3.8) is 0 Å². The standard InChI is InChI=1S/C15H17ClN2O/c1-11-14(16)5-4-6-15(11)17-18(2)12-7-9-13(19-3)10-8-12/h4-10,17H,1-3H3. The van der Waals surface area contributed by atoms with Crippen LogP contribution in [0.25, 0.3) is 0 Å². The first kappa shape index (κ1) is 13.6. The van der Waals surface area contributed by atoms with Crippen molar-refractivity contribution in [1.29, 1.82) is 0 Å². The molecule has 2 aromatic rings. The zero-order valence-electron chi connectivity index (χ0n) is 11.3. The van der Waals surface area contributed by atoms with Gasteiger partial charge in [0.25, 0.3) is 0 Å². The number of benzene rings is 2. The van der Waals surface area contributed by atoms with Gasteiger partial charge in [-0.15, -0.1) is 0 Å². The SMILES string of the molecule is COc1ccc(N(C)Nc2cccc(Cl)c2C)cc1. The van der Waals surface area contributed by atoms with Crippen LogP contribution in [0.15, 0.2) is 42.5 Å². The third-order valence-electron chi connectivity index (χ3n) is 3.02. The third-order valence-corrected chi connectivity index (χ3v) is 3.43. The van der Waals surface area contributed by atoms with Crippen molar-refractivity contribution in [2.75, 3.05) is 24.6 Å². The number of hydrazine groups is 1. The van der Waals surface area contributed by atoms with E-state index in [1.807, 2.05) is 61.4 Å². The molecule has 4 heteroatoms. The quantitative estimate of drug-likeness (QED) is 0.850. The Bertz CT molecular complexity index is 555. The molecule has 0 saturated carbocycles. The zero-order valence-corrected chi connectivity index (χ0v) is 12.0. The second-order valence-electron chi connectivity index (χ2n) is 4.28. The minimum atomic E-state index is 0.758. The van der Waals surface area contributed by atoms with Crippen molar-refractivity contribution >= 4 is 23.0 Å². The van der Waals surface area contributed by atoms with E-state index in [1.165, 1.54) is 0 Å². The van der Waals surface area contributed by atoms with E-state index in [4.69, 9.17) is 16.3 Å². The topological polar surface area (TPSA) is 24.5 Å². The molecular formula is C15H17ClN2O. The largest absolute Gasteiger partial charge is 0.497 e. The smallest absolute Gasteiger partial charge is 0.119 e. The summed E-state index contributed by atoms with van der Waals surface area (Å²) in [4.78, 5) is 0. The van der Waals surface area contributed by atoms with Crippen LogP contribution in [-0.4, -0.2) is 14.2 Å². The van der Waals surface area contributed by atoms with E-state index in [1.54, 1.807) is 7.11 Å². The fourth-order valence-corrected chi connectivity index (χ4v) is 1.95. The third kappa shape index (κ3) is 3.12. The molecule has 100 valence electrons. The number of ether oxygens (including phenoxy) is 1. The van der Waals surface area contributed by atoms with Gasteiger partial charge in [0.2, 0.25) is 0 Å². The molecule has 0 saturated heterocycles. The monoisotopic (exact) mass is 276 g/mol. The highest BCUT2D eigenvalue weighted by atomic mass is 35.5. The van der Waals surface area contributed by atoms with Gasteiger partial charge in [0.1, 0.15) is 5.75 Å². The second kappa shape index (κ2) is 5.85. The summed E-state index contributed by atoms with van der Waals surface area (Å²) < 4.78 is 5.15. The van der Waals surface area contributed by atoms with Crippen molar-refractivity contribution in [3.05, 3.63) is 53.1 Å². The average Bonchev–Trinajstić information content (AvgIpc) is 2.44. The summed E-state index contributed by atoms with van der Waals surface area (Å²) in [6.45, 7) is 1.99. The van der Waals surface area contributed by atoms with Gasteiger partial charge in [0.05, 0.1) is 18.5 Å². The van der Waals surface area contributed by atoms with Crippen LogP contribution in [0.4, 0.5) is 11.4 Å². The van der Waals surface area contributed by atoms with Crippen molar-refractivity contribution in [3.8, 4) is 5.75 Å². The Morgan fingerprint density at radius 2 is 1.79 bits per heavy atom. The maximum atomic E-state index is 6.11. The fourth-order valence-electron chi connectivity index (χ4n) is 1.78. The van der Waals surface area contributed by atoms with Crippen LogP contribution in [0.3, 0.4) is 0 Å². The number of hydrogen-bond acceptors (Lipinski definition) is 3. The molecule has 0 aliphatic heterocycles. The number of nitrogens with zero attached hydrogens (tertiary/aromatic N) is 1. The highest BCUT2D eigenvalue weighted by Gasteiger charge is 2.05. The lowest BCUT2D eigenvalue weighted by molar-refractivity contribution is 0.415. The van der Waals surface area contributed by atoms with E-state index in [0.717, 1.165) is 27.7 Å². The molecule has 2 rings (SSSR count). The Balaban J connectivity index is 2.15. The van der Waals surface area contributed by atoms with Gasteiger partial charge in [0.15, 0.2) is 0 Å². The van der Waals surface area contributed by atoms with E-state index in [9.17, 15) is 0 Å². The fraction of sp³-hybridized carbons (Fsp3) is 0.200. The van der Waals surface area contributed by atoms with Gasteiger partial charge in [0, 0.05) is 12.1 Å². The molecule has 0 heterocycles. The first-order chi connectivity index (χ1) is 9.11. The Labute approximate surface area is 118 Å². The van der Waals surface area contributed by atoms with E-state index in [2.05, 4.69) is 5.43 Å². The van der Waals surface area contributed by atoms with Gasteiger partial charge in [-0.2, -0.15) is 0 Å². The van der Waals surface area contributed by atoms with Crippen LogP contribution in [0.2, 0.25) is 5.02 Å². The summed E-state index contributed by atoms with van der Waals surface area (Å²) in [7, 11) is 3.62. The molecule has 0 aliphatic carbocycles. The molecule has 0 fully saturated rings. The zero-order chi connectivity index (χ0) is 13.8. The highest BCUT2D eigenvalue weighted by Crippen LogP contribution is 2.25. The summed E-state index contributed by atoms with van der Waals surface area (Å²) in [5, 5.41) is 2.70. The molecular weight excluding hydrogens is 260 g/mol. The first-order valence-electron chi connectivity index (χ1n) is 6.01. The molecule has 3 nitrogen and oxygen atoms in total. The summed E-state index contributed by atoms with van der Waals surface area (Å²) in [5.74, 6) is 0.844. The molecule has 0 radical (unpaired) electrons. The summed E-state index contributed by atoms with van der Waals surface area (Å²) >= 11 is 6.11. The van der Waals surface area contributed by atoms with Crippen LogP contribution in [0.1, 0.15) is 5.56 Å². The average molecular weight is 277 g/mol. The molecule has 2 aromatic carbocycles. The number of halogens is 1. The summed E-state index contributed by atoms with van der Waals surface area (Å²) in [5.41, 5.74) is 6.38. The normalized spacial score (nSPS) is 10.1. The van der Waals surface area contributed by atoms with Gasteiger partial charge in [-0.05, 0) is 48.9 Å². The van der Waals surface area contributed by atoms with E-state index >= 15 is 0 Å². The highest BCUT2D eigenvalue weighted by molar-refractivity contribution is 6.31. The van der Waals surface area contributed by atoms with Gasteiger partial charge in [-0.25, -0.2) is 0 Å². The van der Waals surface area contributed by atoms with Gasteiger partial charge >= 0.3 is 0 Å². The van der Waals surface area contributed by atoms with Gasteiger partial charge in [-0.1, -0.05) is 17.7 Å². The number of rotatable bonds is 4. The minimum Gasteiger partial charge on any atom is -0.497 e. The molecule has 19 heavy (non-hydrogen) atoms. The van der Waals surface area contributed by atoms with E-state index in [0.29, 0.717) is 0 Å². The number of hydrogen-bond donors (Lipinski definition) is 1. The minimum absolute atomic E-state index is 0.758. The molecule has 0 unspecified atom stereocenters. The number of methoxy groups -OCH3 is 1. The van der Waals surface area contributed by atoms with Crippen molar-refractivity contribution < 1.29 is 4.74 Å². The van der Waals surface area contributed by atoms with E-state index < -0.39 is 0 Å². The van der Waals surface area contributed by atoms with Crippen molar-refractivity contribution in [2.45, 2.75) is 6.92 Å². The lowest BCUT2D eigenvalue weighted by atomic mass is 10.2. The molecule has 0 aliphatic rings. The first-order valence-corrected chi connectivity index (χ1v) is 6.39. The maximum absolute atomic E-state index is 6.11. The second-order valence-corrected chi connectivity index (χ2v) is 4.69. The lowest BCUT2D eigenvalue weighted by Crippen LogP contribution is -2.25. The summed E-state index contributed by atoms with van der Waals surface area (Å²) in [6.07, 6.45) is 0. The van der Waals surface area contributed by atoms with Crippen LogP contribution in [0, 0.1) is 6.92 Å². The number of nitrogens with one attached hydrogen (secondary N) is 1.